The summed E-state index contributed by atoms with van der Waals surface area (Å²) in [6.07, 6.45) is 1.32. The van der Waals surface area contributed by atoms with Crippen LogP contribution in [-0.2, 0) is 4.79 Å². The van der Waals surface area contributed by atoms with E-state index in [1.165, 1.54) is 47.6 Å². The normalized spacial score (nSPS) is 17.0. The van der Waals surface area contributed by atoms with Gasteiger partial charge in [-0.25, -0.2) is 4.39 Å². The maximum absolute atomic E-state index is 13.4. The van der Waals surface area contributed by atoms with Gasteiger partial charge in [-0.05, 0) is 36.8 Å². The predicted octanol–water partition coefficient (Wildman–Crippen LogP) is 3.36. The van der Waals surface area contributed by atoms with Crippen LogP contribution in [0.4, 0.5) is 9.52 Å². The van der Waals surface area contributed by atoms with Crippen LogP contribution in [0.15, 0.2) is 58.4 Å². The first-order valence-electron chi connectivity index (χ1n) is 7.88. The number of nitrogens with zero attached hydrogens (tertiary/aromatic N) is 3. The number of carbonyl (C=O) groups excluding carboxylic acids is 2. The van der Waals surface area contributed by atoms with Crippen molar-refractivity contribution in [2.45, 2.75) is 13.0 Å². The number of carbonyl (C=O) groups is 2. The van der Waals surface area contributed by atoms with Gasteiger partial charge in [0.25, 0.3) is 5.91 Å². The molecular weight excluding hydrogens is 373 g/mol. The zero-order valence-corrected chi connectivity index (χ0v) is 14.7. The van der Waals surface area contributed by atoms with E-state index in [2.05, 4.69) is 10.2 Å². The molecule has 1 N–H and O–H groups in total. The summed E-state index contributed by atoms with van der Waals surface area (Å²) in [4.78, 5) is 26.8. The average Bonchev–Trinajstić information content (AvgIpc) is 3.37. The number of hydrogen-bond acceptors (Lipinski definition) is 7. The highest BCUT2D eigenvalue weighted by atomic mass is 32.1. The third kappa shape index (κ3) is 2.81. The van der Waals surface area contributed by atoms with Gasteiger partial charge in [0.15, 0.2) is 11.5 Å². The molecule has 0 bridgehead atoms. The fourth-order valence-electron chi connectivity index (χ4n) is 2.92. The van der Waals surface area contributed by atoms with Crippen LogP contribution in [0.1, 0.15) is 27.2 Å². The Labute approximate surface area is 156 Å². The topological polar surface area (TPSA) is 96.5 Å². The number of amides is 1. The average molecular weight is 385 g/mol. The Morgan fingerprint density at radius 1 is 1.26 bits per heavy atom. The van der Waals surface area contributed by atoms with Crippen molar-refractivity contribution in [3.05, 3.63) is 76.1 Å². The van der Waals surface area contributed by atoms with E-state index in [4.69, 9.17) is 4.42 Å². The second-order valence-electron chi connectivity index (χ2n) is 5.80. The number of aliphatic hydroxyl groups excluding tert-OH is 1. The highest BCUT2D eigenvalue weighted by Gasteiger charge is 2.46. The number of aromatic nitrogens is 2. The van der Waals surface area contributed by atoms with Gasteiger partial charge in [0.1, 0.15) is 10.8 Å². The van der Waals surface area contributed by atoms with E-state index in [0.717, 1.165) is 11.3 Å². The molecule has 3 aromatic rings. The number of rotatable bonds is 4. The Morgan fingerprint density at radius 3 is 2.59 bits per heavy atom. The summed E-state index contributed by atoms with van der Waals surface area (Å²) < 4.78 is 18.5. The highest BCUT2D eigenvalue weighted by Crippen LogP contribution is 2.42. The number of aryl methyl sites for hydroxylation is 1. The number of furan rings is 1. The lowest BCUT2D eigenvalue weighted by molar-refractivity contribution is -0.117. The Morgan fingerprint density at radius 2 is 2.00 bits per heavy atom. The van der Waals surface area contributed by atoms with Gasteiger partial charge >= 0.3 is 0 Å². The summed E-state index contributed by atoms with van der Waals surface area (Å²) >= 11 is 1.14. The van der Waals surface area contributed by atoms with Crippen molar-refractivity contribution in [1.82, 2.24) is 10.2 Å². The van der Waals surface area contributed by atoms with Crippen LogP contribution >= 0.6 is 11.3 Å². The molecule has 0 saturated carbocycles. The Kier molecular flexibility index (Phi) is 4.08. The predicted molar refractivity (Wildman–Crippen MR) is 94.0 cm³/mol. The molecule has 1 aromatic carbocycles. The molecule has 0 fully saturated rings. The van der Waals surface area contributed by atoms with Crippen LogP contribution in [-0.4, -0.2) is 27.0 Å². The number of ketones is 1. The zero-order chi connectivity index (χ0) is 19.1. The third-order valence-corrected chi connectivity index (χ3v) is 4.94. The van der Waals surface area contributed by atoms with Crippen molar-refractivity contribution in [3.8, 4) is 0 Å². The fourth-order valence-corrected chi connectivity index (χ4v) is 3.63. The van der Waals surface area contributed by atoms with Crippen LogP contribution in [0.2, 0.25) is 0 Å². The SMILES string of the molecule is Cc1nnc(N2C(=O)C(O)=C(C(=O)c3ccco3)[C@@H]2c2ccc(F)cc2)s1. The number of Topliss-reactive ketones (excluding diaryl/α,β-unsaturated/α-hetero) is 1. The molecule has 0 unspecified atom stereocenters. The third-order valence-electron chi connectivity index (χ3n) is 4.10. The fraction of sp³-hybridized carbons (Fsp3) is 0.111. The molecule has 0 saturated heterocycles. The molecule has 0 spiro atoms. The quantitative estimate of drug-likeness (QED) is 0.692. The summed E-state index contributed by atoms with van der Waals surface area (Å²) in [6, 6.07) is 7.31. The van der Waals surface area contributed by atoms with Gasteiger partial charge in [-0.15, -0.1) is 10.2 Å². The molecule has 27 heavy (non-hydrogen) atoms. The maximum Gasteiger partial charge on any atom is 0.296 e. The van der Waals surface area contributed by atoms with E-state index < -0.39 is 29.3 Å². The molecule has 1 aliphatic rings. The molecule has 1 amide bonds. The van der Waals surface area contributed by atoms with Gasteiger partial charge in [-0.3, -0.25) is 14.5 Å². The highest BCUT2D eigenvalue weighted by molar-refractivity contribution is 7.15. The van der Waals surface area contributed by atoms with E-state index >= 15 is 0 Å². The molecule has 9 heteroatoms. The molecule has 2 aromatic heterocycles. The first kappa shape index (κ1) is 17.1. The monoisotopic (exact) mass is 385 g/mol. The lowest BCUT2D eigenvalue weighted by Crippen LogP contribution is -2.31. The molecule has 3 heterocycles. The molecule has 0 radical (unpaired) electrons. The first-order valence-corrected chi connectivity index (χ1v) is 8.69. The second kappa shape index (κ2) is 6.44. The van der Waals surface area contributed by atoms with Crippen molar-refractivity contribution in [3.63, 3.8) is 0 Å². The van der Waals surface area contributed by atoms with Crippen LogP contribution in [0.3, 0.4) is 0 Å². The summed E-state index contributed by atoms with van der Waals surface area (Å²) in [5, 5.41) is 19.1. The molecule has 0 aliphatic carbocycles. The Bertz CT molecular complexity index is 1060. The van der Waals surface area contributed by atoms with Crippen molar-refractivity contribution < 1.29 is 23.5 Å². The number of aliphatic hydroxyl groups is 1. The van der Waals surface area contributed by atoms with Crippen LogP contribution in [0, 0.1) is 12.7 Å². The second-order valence-corrected chi connectivity index (χ2v) is 6.96. The first-order chi connectivity index (χ1) is 13.0. The summed E-state index contributed by atoms with van der Waals surface area (Å²) in [5.74, 6) is -2.60. The standard InChI is InChI=1S/C18H12FN3O4S/c1-9-20-21-18(27-9)22-14(10-4-6-11(19)7-5-10)13(16(24)17(22)25)15(23)12-3-2-8-26-12/h2-8,14,24H,1H3/t14-/m0/s1. The number of anilines is 1. The van der Waals surface area contributed by atoms with Gasteiger partial charge in [-0.1, -0.05) is 23.5 Å². The smallest absolute Gasteiger partial charge is 0.296 e. The van der Waals surface area contributed by atoms with Gasteiger partial charge < -0.3 is 9.52 Å². The van der Waals surface area contributed by atoms with Crippen molar-refractivity contribution in [2.75, 3.05) is 4.90 Å². The summed E-state index contributed by atoms with van der Waals surface area (Å²) in [7, 11) is 0. The molecular formula is C18H12FN3O4S. The van der Waals surface area contributed by atoms with Crippen LogP contribution < -0.4 is 4.90 Å². The lowest BCUT2D eigenvalue weighted by Gasteiger charge is -2.23. The minimum Gasteiger partial charge on any atom is -0.503 e. The van der Waals surface area contributed by atoms with E-state index in [9.17, 15) is 19.1 Å². The van der Waals surface area contributed by atoms with Gasteiger partial charge in [-0.2, -0.15) is 0 Å². The van der Waals surface area contributed by atoms with Crippen LogP contribution in [0.25, 0.3) is 0 Å². The van der Waals surface area contributed by atoms with E-state index in [1.807, 2.05) is 0 Å². The molecule has 7 nitrogen and oxygen atoms in total. The molecule has 1 aliphatic heterocycles. The number of benzene rings is 1. The molecule has 1 atom stereocenters. The lowest BCUT2D eigenvalue weighted by atomic mass is 9.95. The summed E-state index contributed by atoms with van der Waals surface area (Å²) in [5.41, 5.74) is 0.283. The zero-order valence-electron chi connectivity index (χ0n) is 13.9. The summed E-state index contributed by atoms with van der Waals surface area (Å²) in [6.45, 7) is 1.72. The van der Waals surface area contributed by atoms with E-state index in [0.29, 0.717) is 10.6 Å². The van der Waals surface area contributed by atoms with Gasteiger partial charge in [0, 0.05) is 0 Å². The largest absolute Gasteiger partial charge is 0.503 e. The van der Waals surface area contributed by atoms with Crippen LogP contribution in [0.5, 0.6) is 0 Å². The van der Waals surface area contributed by atoms with Crippen molar-refractivity contribution in [1.29, 1.82) is 0 Å². The minimum atomic E-state index is -0.983. The van der Waals surface area contributed by atoms with Crippen molar-refractivity contribution >= 4 is 28.2 Å². The molecule has 4 rings (SSSR count). The van der Waals surface area contributed by atoms with Crippen molar-refractivity contribution in [2.24, 2.45) is 0 Å². The maximum atomic E-state index is 13.4. The number of halogens is 1. The Balaban J connectivity index is 1.88. The molecule has 136 valence electrons. The van der Waals surface area contributed by atoms with E-state index in [-0.39, 0.29) is 16.5 Å². The van der Waals surface area contributed by atoms with E-state index in [1.54, 1.807) is 6.92 Å². The van der Waals surface area contributed by atoms with Gasteiger partial charge in [0.2, 0.25) is 10.9 Å². The number of hydrogen-bond donors (Lipinski definition) is 1. The Hall–Kier alpha value is -3.33. The van der Waals surface area contributed by atoms with Gasteiger partial charge in [0.05, 0.1) is 17.9 Å². The minimum absolute atomic E-state index is 0.0215.